The third-order valence-electron chi connectivity index (χ3n) is 1.01. The van der Waals surface area contributed by atoms with Gasteiger partial charge >= 0.3 is 5.97 Å². The smallest absolute Gasteiger partial charge is 0.242 e. The van der Waals surface area contributed by atoms with Crippen molar-refractivity contribution in [1.29, 1.82) is 0 Å². The molecular formula is C7H11O2. The first-order chi connectivity index (χ1) is 4.16. The molecule has 0 atom stereocenters. The van der Waals surface area contributed by atoms with Crippen LogP contribution in [0.15, 0.2) is 11.6 Å². The van der Waals surface area contributed by atoms with Gasteiger partial charge in [0.15, 0.2) is 0 Å². The van der Waals surface area contributed by atoms with E-state index in [0.717, 1.165) is 24.5 Å². The highest BCUT2D eigenvalue weighted by Crippen LogP contribution is 2.01. The van der Waals surface area contributed by atoms with Gasteiger partial charge < -0.3 is 0 Å². The summed E-state index contributed by atoms with van der Waals surface area (Å²) in [6.45, 7) is 3.80. The summed E-state index contributed by atoms with van der Waals surface area (Å²) < 4.78 is 0. The van der Waals surface area contributed by atoms with Crippen molar-refractivity contribution in [3.63, 3.8) is 0 Å². The number of hydrogen-bond acceptors (Lipinski definition) is 1. The summed E-state index contributed by atoms with van der Waals surface area (Å²) in [5.41, 5.74) is 0.873. The molecule has 0 N–H and O–H groups in total. The third kappa shape index (κ3) is 5.07. The van der Waals surface area contributed by atoms with Crippen molar-refractivity contribution in [1.82, 2.24) is 0 Å². The summed E-state index contributed by atoms with van der Waals surface area (Å²) in [7, 11) is 0. The summed E-state index contributed by atoms with van der Waals surface area (Å²) in [6, 6.07) is 0. The maximum Gasteiger partial charge on any atom is 0.379 e. The number of allylic oxidation sites excluding steroid dienone is 1. The summed E-state index contributed by atoms with van der Waals surface area (Å²) in [5.74, 6) is -1.10. The minimum absolute atomic E-state index is 0.841. The van der Waals surface area contributed by atoms with Crippen molar-refractivity contribution in [2.45, 2.75) is 26.7 Å². The zero-order valence-corrected chi connectivity index (χ0v) is 5.81. The van der Waals surface area contributed by atoms with Gasteiger partial charge in [0.05, 0.1) is 0 Å². The highest BCUT2D eigenvalue weighted by atomic mass is 16.4. The van der Waals surface area contributed by atoms with Crippen LogP contribution in [0.3, 0.4) is 0 Å². The van der Waals surface area contributed by atoms with E-state index in [1.807, 2.05) is 6.92 Å². The highest BCUT2D eigenvalue weighted by Gasteiger charge is 1.93. The highest BCUT2D eigenvalue weighted by molar-refractivity contribution is 5.80. The third-order valence-corrected chi connectivity index (χ3v) is 1.01. The largest absolute Gasteiger partial charge is 0.379 e. The van der Waals surface area contributed by atoms with Gasteiger partial charge in [0.2, 0.25) is 0 Å². The predicted molar refractivity (Wildman–Crippen MR) is 34.4 cm³/mol. The van der Waals surface area contributed by atoms with Crippen LogP contribution in [0.4, 0.5) is 0 Å². The zero-order valence-electron chi connectivity index (χ0n) is 5.81. The molecule has 2 nitrogen and oxygen atoms in total. The number of rotatable bonds is 3. The molecule has 0 rings (SSSR count). The van der Waals surface area contributed by atoms with E-state index in [2.05, 4.69) is 0 Å². The van der Waals surface area contributed by atoms with E-state index < -0.39 is 5.97 Å². The van der Waals surface area contributed by atoms with E-state index in [4.69, 9.17) is 0 Å². The molecule has 0 aliphatic heterocycles. The van der Waals surface area contributed by atoms with Crippen LogP contribution >= 0.6 is 0 Å². The van der Waals surface area contributed by atoms with Crippen molar-refractivity contribution < 1.29 is 9.90 Å². The molecule has 0 aromatic rings. The average molecular weight is 127 g/mol. The fourth-order valence-electron chi connectivity index (χ4n) is 0.668. The molecule has 0 heterocycles. The van der Waals surface area contributed by atoms with Crippen LogP contribution in [0.2, 0.25) is 0 Å². The van der Waals surface area contributed by atoms with Gasteiger partial charge in [-0.3, -0.25) is 0 Å². The fraction of sp³-hybridized carbons (Fsp3) is 0.571. The maximum atomic E-state index is 9.90. The van der Waals surface area contributed by atoms with Crippen molar-refractivity contribution in [3.8, 4) is 0 Å². The molecule has 0 fully saturated rings. The molecule has 2 heteroatoms. The molecular weight excluding hydrogens is 116 g/mol. The summed E-state index contributed by atoms with van der Waals surface area (Å²) in [4.78, 5) is 9.90. The van der Waals surface area contributed by atoms with Crippen LogP contribution < -0.4 is 0 Å². The summed E-state index contributed by atoms with van der Waals surface area (Å²) >= 11 is 0. The average Bonchev–Trinajstić information content (AvgIpc) is 1.63. The normalized spacial score (nSPS) is 11.6. The Kier molecular flexibility index (Phi) is 3.76. The van der Waals surface area contributed by atoms with Crippen molar-refractivity contribution in [2.75, 3.05) is 0 Å². The monoisotopic (exact) mass is 127 g/mol. The van der Waals surface area contributed by atoms with Crippen LogP contribution in [0.5, 0.6) is 0 Å². The zero-order chi connectivity index (χ0) is 7.28. The van der Waals surface area contributed by atoms with Crippen LogP contribution in [0.25, 0.3) is 0 Å². The minimum Gasteiger partial charge on any atom is -0.242 e. The molecule has 0 aromatic carbocycles. The van der Waals surface area contributed by atoms with E-state index >= 15 is 0 Å². The molecule has 0 bridgehead atoms. The van der Waals surface area contributed by atoms with Crippen molar-refractivity contribution in [2.24, 2.45) is 0 Å². The van der Waals surface area contributed by atoms with Gasteiger partial charge in [0, 0.05) is 6.08 Å². The Labute approximate surface area is 55.2 Å². The summed E-state index contributed by atoms with van der Waals surface area (Å²) in [6.07, 6.45) is 2.97. The Morgan fingerprint density at radius 3 is 2.44 bits per heavy atom. The van der Waals surface area contributed by atoms with Crippen LogP contribution in [0, 0.1) is 0 Å². The van der Waals surface area contributed by atoms with E-state index in [9.17, 15) is 9.90 Å². The molecule has 0 unspecified atom stereocenters. The predicted octanol–water partition coefficient (Wildman–Crippen LogP) is 1.69. The number of hydrogen-bond donors (Lipinski definition) is 0. The lowest BCUT2D eigenvalue weighted by Gasteiger charge is -1.91. The molecule has 1 radical (unpaired) electrons. The first-order valence-electron chi connectivity index (χ1n) is 3.05. The molecule has 0 saturated heterocycles. The lowest BCUT2D eigenvalue weighted by atomic mass is 10.2. The molecule has 0 spiro atoms. The molecule has 0 saturated carbocycles. The van der Waals surface area contributed by atoms with Crippen LogP contribution in [0.1, 0.15) is 26.7 Å². The molecule has 0 amide bonds. The topological polar surface area (TPSA) is 37.0 Å². The summed E-state index contributed by atoms with van der Waals surface area (Å²) in [5, 5.41) is 9.90. The van der Waals surface area contributed by atoms with E-state index in [-0.39, 0.29) is 0 Å². The van der Waals surface area contributed by atoms with Gasteiger partial charge in [0.1, 0.15) is 0 Å². The Bertz CT molecular complexity index is 125. The van der Waals surface area contributed by atoms with Crippen LogP contribution in [-0.2, 0) is 9.90 Å². The lowest BCUT2D eigenvalue weighted by molar-refractivity contribution is -0.137. The Morgan fingerprint density at radius 1 is 1.56 bits per heavy atom. The molecule has 0 aliphatic carbocycles. The van der Waals surface area contributed by atoms with E-state index in [1.54, 1.807) is 6.92 Å². The van der Waals surface area contributed by atoms with E-state index in [0.29, 0.717) is 0 Å². The Hall–Kier alpha value is -0.790. The van der Waals surface area contributed by atoms with Gasteiger partial charge in [0.25, 0.3) is 0 Å². The second-order valence-electron chi connectivity index (χ2n) is 2.06. The first-order valence-corrected chi connectivity index (χ1v) is 3.05. The lowest BCUT2D eigenvalue weighted by Crippen LogP contribution is -1.86. The molecule has 9 heavy (non-hydrogen) atoms. The number of carbonyl (C=O) groups excluding carboxylic acids is 1. The molecule has 0 aliphatic rings. The molecule has 51 valence electrons. The van der Waals surface area contributed by atoms with Gasteiger partial charge in [-0.1, -0.05) is 18.9 Å². The van der Waals surface area contributed by atoms with Crippen molar-refractivity contribution in [3.05, 3.63) is 11.6 Å². The fourth-order valence-corrected chi connectivity index (χ4v) is 0.668. The Morgan fingerprint density at radius 2 is 2.11 bits per heavy atom. The van der Waals surface area contributed by atoms with Gasteiger partial charge in [-0.05, 0) is 13.3 Å². The van der Waals surface area contributed by atoms with Crippen LogP contribution in [-0.4, -0.2) is 5.97 Å². The first kappa shape index (κ1) is 8.21. The minimum atomic E-state index is -1.10. The maximum absolute atomic E-state index is 9.90. The second kappa shape index (κ2) is 4.13. The van der Waals surface area contributed by atoms with Crippen molar-refractivity contribution >= 4 is 5.97 Å². The number of carbonyl (C=O) groups is 1. The van der Waals surface area contributed by atoms with Gasteiger partial charge in [-0.2, -0.15) is 0 Å². The second-order valence-corrected chi connectivity index (χ2v) is 2.06. The molecule has 0 aromatic heterocycles. The standard InChI is InChI=1S/C7H11O2/c1-3-4-6(2)5-7(8)9/h5H,3-4H2,1-2H3. The quantitative estimate of drug-likeness (QED) is 0.531. The SMILES string of the molecule is CCCC(C)=CC([O])=O. The van der Waals surface area contributed by atoms with Gasteiger partial charge in [-0.15, -0.1) is 0 Å². The van der Waals surface area contributed by atoms with Gasteiger partial charge in [-0.25, -0.2) is 9.90 Å². The Balaban J connectivity index is 3.69. The van der Waals surface area contributed by atoms with E-state index in [1.165, 1.54) is 0 Å².